The Morgan fingerprint density at radius 3 is 2.50 bits per heavy atom. The van der Waals surface area contributed by atoms with E-state index in [1.807, 2.05) is 49.4 Å². The zero-order chi connectivity index (χ0) is 18.4. The molecule has 5 heteroatoms. The van der Waals surface area contributed by atoms with Crippen molar-refractivity contribution in [3.63, 3.8) is 0 Å². The van der Waals surface area contributed by atoms with Crippen LogP contribution in [0, 0.1) is 6.92 Å². The fourth-order valence-corrected chi connectivity index (χ4v) is 2.93. The van der Waals surface area contributed by atoms with Gasteiger partial charge in [-0.2, -0.15) is 0 Å². The van der Waals surface area contributed by atoms with Crippen LogP contribution in [0.15, 0.2) is 57.9 Å². The molecule has 0 aliphatic heterocycles. The number of fused-ring (bicyclic) bond motifs is 1. The highest BCUT2D eigenvalue weighted by Crippen LogP contribution is 2.24. The molecule has 26 heavy (non-hydrogen) atoms. The van der Waals surface area contributed by atoms with Gasteiger partial charge in [-0.05, 0) is 31.0 Å². The van der Waals surface area contributed by atoms with Gasteiger partial charge in [-0.3, -0.25) is 0 Å². The van der Waals surface area contributed by atoms with E-state index in [0.29, 0.717) is 13.1 Å². The van der Waals surface area contributed by atoms with Crippen LogP contribution in [0.3, 0.4) is 0 Å². The summed E-state index contributed by atoms with van der Waals surface area (Å²) in [7, 11) is 0. The highest BCUT2D eigenvalue weighted by atomic mass is 16.3. The first-order valence-corrected chi connectivity index (χ1v) is 8.89. The molecule has 0 saturated carbocycles. The third-order valence-electron chi connectivity index (χ3n) is 4.40. The average molecular weight is 351 g/mol. The summed E-state index contributed by atoms with van der Waals surface area (Å²) in [6, 6.07) is 15.8. The number of aliphatic hydroxyl groups is 1. The molecule has 1 heterocycles. The maximum absolute atomic E-state index is 9.45. The standard InChI is InChI=1S/C21H25N3O2/c1-3-22-21(23-12-16-8-4-5-9-17(16)14-25)24-13-20-15(2)18-10-6-7-11-19(18)26-20/h4-11,25H,3,12-14H2,1-2H3,(H2,22,23,24). The number of para-hydroxylation sites is 1. The topological polar surface area (TPSA) is 69.8 Å². The number of hydrogen-bond acceptors (Lipinski definition) is 3. The fourth-order valence-electron chi connectivity index (χ4n) is 2.93. The maximum atomic E-state index is 9.45. The van der Waals surface area contributed by atoms with Gasteiger partial charge < -0.3 is 20.2 Å². The van der Waals surface area contributed by atoms with Crippen LogP contribution < -0.4 is 10.6 Å². The van der Waals surface area contributed by atoms with Crippen molar-refractivity contribution >= 4 is 16.9 Å². The first-order valence-electron chi connectivity index (χ1n) is 8.89. The molecule has 5 nitrogen and oxygen atoms in total. The molecule has 0 spiro atoms. The second kappa shape index (κ2) is 8.54. The van der Waals surface area contributed by atoms with Crippen molar-refractivity contribution in [2.45, 2.75) is 33.5 Å². The Balaban J connectivity index is 1.72. The van der Waals surface area contributed by atoms with Crippen LogP contribution in [0.25, 0.3) is 11.0 Å². The van der Waals surface area contributed by atoms with Crippen LogP contribution in [-0.2, 0) is 19.7 Å². The van der Waals surface area contributed by atoms with Gasteiger partial charge in [-0.15, -0.1) is 0 Å². The summed E-state index contributed by atoms with van der Waals surface area (Å²) < 4.78 is 5.95. The van der Waals surface area contributed by atoms with Crippen LogP contribution in [-0.4, -0.2) is 17.6 Å². The number of rotatable bonds is 6. The van der Waals surface area contributed by atoms with Crippen molar-refractivity contribution in [2.75, 3.05) is 6.54 Å². The Hall–Kier alpha value is -2.79. The number of aliphatic imine (C=N–C) groups is 1. The van der Waals surface area contributed by atoms with Gasteiger partial charge in [0.1, 0.15) is 11.3 Å². The molecule has 0 aliphatic carbocycles. The molecule has 3 aromatic rings. The predicted molar refractivity (Wildman–Crippen MR) is 105 cm³/mol. The molecule has 3 N–H and O–H groups in total. The van der Waals surface area contributed by atoms with Crippen LogP contribution in [0.1, 0.15) is 29.4 Å². The molecule has 1 aromatic heterocycles. The van der Waals surface area contributed by atoms with Gasteiger partial charge in [0.05, 0.1) is 19.7 Å². The zero-order valence-corrected chi connectivity index (χ0v) is 15.2. The number of hydrogen-bond donors (Lipinski definition) is 3. The number of nitrogens with one attached hydrogen (secondary N) is 2. The summed E-state index contributed by atoms with van der Waals surface area (Å²) in [6.45, 7) is 5.97. The highest BCUT2D eigenvalue weighted by Gasteiger charge is 2.10. The average Bonchev–Trinajstić information content (AvgIpc) is 3.00. The molecule has 0 atom stereocenters. The van der Waals surface area contributed by atoms with E-state index < -0.39 is 0 Å². The lowest BCUT2D eigenvalue weighted by molar-refractivity contribution is 0.280. The minimum Gasteiger partial charge on any atom is -0.459 e. The molecular formula is C21H25N3O2. The van der Waals surface area contributed by atoms with E-state index in [9.17, 15) is 5.11 Å². The number of aliphatic hydroxyl groups excluding tert-OH is 1. The molecule has 2 aromatic carbocycles. The van der Waals surface area contributed by atoms with Crippen molar-refractivity contribution in [2.24, 2.45) is 4.99 Å². The van der Waals surface area contributed by atoms with E-state index >= 15 is 0 Å². The lowest BCUT2D eigenvalue weighted by atomic mass is 10.1. The van der Waals surface area contributed by atoms with E-state index in [1.54, 1.807) is 0 Å². The normalized spacial score (nSPS) is 11.7. The van der Waals surface area contributed by atoms with Crippen LogP contribution >= 0.6 is 0 Å². The Labute approximate surface area is 153 Å². The van der Waals surface area contributed by atoms with Crippen molar-refractivity contribution in [3.8, 4) is 0 Å². The second-order valence-electron chi connectivity index (χ2n) is 6.12. The smallest absolute Gasteiger partial charge is 0.191 e. The Bertz CT molecular complexity index is 899. The molecule has 0 radical (unpaired) electrons. The third-order valence-corrected chi connectivity index (χ3v) is 4.40. The van der Waals surface area contributed by atoms with E-state index in [2.05, 4.69) is 28.6 Å². The van der Waals surface area contributed by atoms with E-state index in [-0.39, 0.29) is 6.61 Å². The molecular weight excluding hydrogens is 326 g/mol. The molecule has 136 valence electrons. The van der Waals surface area contributed by atoms with Gasteiger partial charge >= 0.3 is 0 Å². The minimum absolute atomic E-state index is 0.0217. The molecule has 3 rings (SSSR count). The third kappa shape index (κ3) is 4.06. The number of aryl methyl sites for hydroxylation is 1. The van der Waals surface area contributed by atoms with Crippen molar-refractivity contribution in [1.29, 1.82) is 0 Å². The van der Waals surface area contributed by atoms with Gasteiger partial charge in [0.2, 0.25) is 0 Å². The molecule has 0 fully saturated rings. The molecule has 0 amide bonds. The fraction of sp³-hybridized carbons (Fsp3) is 0.286. The van der Waals surface area contributed by atoms with Gasteiger partial charge in [-0.1, -0.05) is 42.5 Å². The van der Waals surface area contributed by atoms with E-state index in [1.165, 1.54) is 0 Å². The first kappa shape index (κ1) is 18.0. The Morgan fingerprint density at radius 1 is 1.04 bits per heavy atom. The number of benzene rings is 2. The van der Waals surface area contributed by atoms with Gasteiger partial charge in [-0.25, -0.2) is 4.99 Å². The zero-order valence-electron chi connectivity index (χ0n) is 15.2. The Morgan fingerprint density at radius 2 is 1.77 bits per heavy atom. The van der Waals surface area contributed by atoms with Crippen molar-refractivity contribution in [1.82, 2.24) is 10.6 Å². The second-order valence-corrected chi connectivity index (χ2v) is 6.12. The van der Waals surface area contributed by atoms with E-state index in [0.717, 1.165) is 45.9 Å². The SMILES string of the molecule is CCNC(=NCc1ccccc1CO)NCc1oc2ccccc2c1C. The van der Waals surface area contributed by atoms with E-state index in [4.69, 9.17) is 4.42 Å². The lowest BCUT2D eigenvalue weighted by Crippen LogP contribution is -2.36. The molecule has 0 saturated heterocycles. The molecule has 0 aliphatic rings. The van der Waals surface area contributed by atoms with Gasteiger partial charge in [0, 0.05) is 17.5 Å². The minimum atomic E-state index is 0.0217. The van der Waals surface area contributed by atoms with Crippen LogP contribution in [0.4, 0.5) is 0 Å². The quantitative estimate of drug-likeness (QED) is 0.470. The Kier molecular flexibility index (Phi) is 5.92. The maximum Gasteiger partial charge on any atom is 0.191 e. The summed E-state index contributed by atoms with van der Waals surface area (Å²) in [6.07, 6.45) is 0. The number of guanidine groups is 1. The monoisotopic (exact) mass is 351 g/mol. The van der Waals surface area contributed by atoms with Crippen LogP contribution in [0.5, 0.6) is 0 Å². The highest BCUT2D eigenvalue weighted by molar-refractivity contribution is 5.83. The van der Waals surface area contributed by atoms with Gasteiger partial charge in [0.25, 0.3) is 0 Å². The largest absolute Gasteiger partial charge is 0.459 e. The number of nitrogens with zero attached hydrogens (tertiary/aromatic N) is 1. The van der Waals surface area contributed by atoms with Crippen LogP contribution in [0.2, 0.25) is 0 Å². The lowest BCUT2D eigenvalue weighted by Gasteiger charge is -2.11. The first-order chi connectivity index (χ1) is 12.7. The number of furan rings is 1. The summed E-state index contributed by atoms with van der Waals surface area (Å²) in [5.41, 5.74) is 3.97. The predicted octanol–water partition coefficient (Wildman–Crippen LogP) is 3.49. The molecule has 0 bridgehead atoms. The summed E-state index contributed by atoms with van der Waals surface area (Å²) in [5, 5.41) is 17.2. The molecule has 0 unspecified atom stereocenters. The summed E-state index contributed by atoms with van der Waals surface area (Å²) in [5.74, 6) is 1.63. The summed E-state index contributed by atoms with van der Waals surface area (Å²) in [4.78, 5) is 4.63. The van der Waals surface area contributed by atoms with Gasteiger partial charge in [0.15, 0.2) is 5.96 Å². The van der Waals surface area contributed by atoms with Crippen molar-refractivity contribution < 1.29 is 9.52 Å². The van der Waals surface area contributed by atoms with Crippen molar-refractivity contribution in [3.05, 3.63) is 71.0 Å². The summed E-state index contributed by atoms with van der Waals surface area (Å²) >= 11 is 0.